The predicted molar refractivity (Wildman–Crippen MR) is 107 cm³/mol. The van der Waals surface area contributed by atoms with Gasteiger partial charge in [-0.25, -0.2) is 4.79 Å². The number of carbonyl (C=O) groups excluding carboxylic acids is 1. The summed E-state index contributed by atoms with van der Waals surface area (Å²) >= 11 is 1.39. The van der Waals surface area contributed by atoms with Gasteiger partial charge < -0.3 is 14.2 Å². The van der Waals surface area contributed by atoms with E-state index in [4.69, 9.17) is 14.2 Å². The second kappa shape index (κ2) is 10.1. The van der Waals surface area contributed by atoms with Crippen LogP contribution >= 0.6 is 11.8 Å². The standard InChI is InChI=1S/C20H18N4O4S/c1-26-17-9-5-15(6-10-17)19(25)28-13-3-4-14-29-20-21-22-23-24(20)16-7-11-18(27-2)12-8-16/h5-12H,13-14H2,1-2H3. The third-order valence-electron chi connectivity index (χ3n) is 3.76. The van der Waals surface area contributed by atoms with Crippen LogP contribution in [0.4, 0.5) is 0 Å². The van der Waals surface area contributed by atoms with Gasteiger partial charge in [0.25, 0.3) is 0 Å². The van der Waals surface area contributed by atoms with Crippen LogP contribution in [0.3, 0.4) is 0 Å². The summed E-state index contributed by atoms with van der Waals surface area (Å²) in [6.45, 7) is 0.00877. The van der Waals surface area contributed by atoms with E-state index in [0.29, 0.717) is 22.2 Å². The van der Waals surface area contributed by atoms with E-state index in [1.165, 1.54) is 11.8 Å². The second-order valence-corrected chi connectivity index (χ2v) is 6.46. The lowest BCUT2D eigenvalue weighted by atomic mass is 10.2. The Balaban J connectivity index is 1.48. The van der Waals surface area contributed by atoms with E-state index in [0.717, 1.165) is 11.4 Å². The van der Waals surface area contributed by atoms with Gasteiger partial charge in [0, 0.05) is 0 Å². The summed E-state index contributed by atoms with van der Waals surface area (Å²) in [5.41, 5.74) is 1.26. The van der Waals surface area contributed by atoms with Crippen molar-refractivity contribution in [3.05, 3.63) is 54.1 Å². The Hall–Kier alpha value is -3.51. The summed E-state index contributed by atoms with van der Waals surface area (Å²) < 4.78 is 17.0. The molecule has 0 radical (unpaired) electrons. The van der Waals surface area contributed by atoms with Crippen molar-refractivity contribution in [1.29, 1.82) is 0 Å². The number of aromatic nitrogens is 4. The van der Waals surface area contributed by atoms with Gasteiger partial charge in [0.05, 0.1) is 31.2 Å². The number of thioether (sulfide) groups is 1. The van der Waals surface area contributed by atoms with Crippen LogP contribution in [0, 0.1) is 11.8 Å². The van der Waals surface area contributed by atoms with Crippen LogP contribution in [0.1, 0.15) is 10.4 Å². The topological polar surface area (TPSA) is 88.4 Å². The number of ether oxygens (including phenoxy) is 3. The van der Waals surface area contributed by atoms with Crippen molar-refractivity contribution in [3.8, 4) is 29.0 Å². The SMILES string of the molecule is COc1ccc(C(=O)OCC#CCSc2nnnn2-c2ccc(OC)cc2)cc1. The molecule has 3 aromatic rings. The van der Waals surface area contributed by atoms with Crippen molar-refractivity contribution in [2.24, 2.45) is 0 Å². The lowest BCUT2D eigenvalue weighted by Gasteiger charge is -2.04. The van der Waals surface area contributed by atoms with Gasteiger partial charge in [0.1, 0.15) is 11.5 Å². The fraction of sp³-hybridized carbons (Fsp3) is 0.200. The van der Waals surface area contributed by atoms with E-state index in [1.807, 2.05) is 24.3 Å². The van der Waals surface area contributed by atoms with Gasteiger partial charge in [-0.05, 0) is 59.0 Å². The number of rotatable bonds is 7. The van der Waals surface area contributed by atoms with Crippen molar-refractivity contribution in [2.45, 2.75) is 5.16 Å². The molecule has 0 bridgehead atoms. The summed E-state index contributed by atoms with van der Waals surface area (Å²) in [6, 6.07) is 14.1. The van der Waals surface area contributed by atoms with Crippen molar-refractivity contribution < 1.29 is 19.0 Å². The van der Waals surface area contributed by atoms with Gasteiger partial charge in [-0.1, -0.05) is 23.6 Å². The van der Waals surface area contributed by atoms with Crippen LogP contribution in [0.2, 0.25) is 0 Å². The first-order valence-electron chi connectivity index (χ1n) is 8.54. The highest BCUT2D eigenvalue weighted by molar-refractivity contribution is 7.99. The van der Waals surface area contributed by atoms with Crippen LogP contribution in [-0.4, -0.2) is 52.8 Å². The van der Waals surface area contributed by atoms with Crippen LogP contribution in [0.5, 0.6) is 11.5 Å². The Morgan fingerprint density at radius 3 is 2.31 bits per heavy atom. The average molecular weight is 410 g/mol. The third kappa shape index (κ3) is 5.49. The number of carbonyl (C=O) groups is 1. The molecule has 0 amide bonds. The molecule has 0 spiro atoms. The highest BCUT2D eigenvalue weighted by Crippen LogP contribution is 2.19. The molecule has 0 atom stereocenters. The maximum Gasteiger partial charge on any atom is 0.339 e. The van der Waals surface area contributed by atoms with Crippen molar-refractivity contribution in [1.82, 2.24) is 20.2 Å². The number of benzene rings is 2. The summed E-state index contributed by atoms with van der Waals surface area (Å²) in [4.78, 5) is 11.9. The fourth-order valence-electron chi connectivity index (χ4n) is 2.27. The number of methoxy groups -OCH3 is 2. The largest absolute Gasteiger partial charge is 0.497 e. The molecule has 0 aliphatic carbocycles. The Morgan fingerprint density at radius 1 is 1.00 bits per heavy atom. The van der Waals surface area contributed by atoms with Gasteiger partial charge in [-0.15, -0.1) is 5.10 Å². The van der Waals surface area contributed by atoms with Crippen molar-refractivity contribution >= 4 is 17.7 Å². The zero-order valence-electron chi connectivity index (χ0n) is 15.9. The summed E-state index contributed by atoms with van der Waals surface area (Å²) in [5.74, 6) is 7.20. The maximum atomic E-state index is 11.9. The van der Waals surface area contributed by atoms with E-state index in [9.17, 15) is 4.79 Å². The molecular weight excluding hydrogens is 392 g/mol. The molecular formula is C20H18N4O4S. The molecule has 0 N–H and O–H groups in total. The molecule has 2 aromatic carbocycles. The van der Waals surface area contributed by atoms with E-state index in [-0.39, 0.29) is 6.61 Å². The highest BCUT2D eigenvalue weighted by atomic mass is 32.2. The Labute approximate surface area is 172 Å². The van der Waals surface area contributed by atoms with Crippen molar-refractivity contribution in [3.63, 3.8) is 0 Å². The predicted octanol–water partition coefficient (Wildman–Crippen LogP) is 2.63. The van der Waals surface area contributed by atoms with Gasteiger partial charge in [0.15, 0.2) is 6.61 Å². The molecule has 1 heterocycles. The summed E-state index contributed by atoms with van der Waals surface area (Å²) in [7, 11) is 3.18. The van der Waals surface area contributed by atoms with E-state index in [2.05, 4.69) is 27.4 Å². The fourth-order valence-corrected chi connectivity index (χ4v) is 2.93. The van der Waals surface area contributed by atoms with Gasteiger partial charge in [-0.2, -0.15) is 4.68 Å². The molecule has 1 aromatic heterocycles. The number of nitrogens with zero attached hydrogens (tertiary/aromatic N) is 4. The van der Waals surface area contributed by atoms with Crippen molar-refractivity contribution in [2.75, 3.05) is 26.6 Å². The molecule has 9 heteroatoms. The second-order valence-electron chi connectivity index (χ2n) is 5.52. The lowest BCUT2D eigenvalue weighted by Crippen LogP contribution is -2.05. The normalized spacial score (nSPS) is 10.0. The molecule has 148 valence electrons. The number of hydrogen-bond donors (Lipinski definition) is 0. The Morgan fingerprint density at radius 2 is 1.66 bits per heavy atom. The van der Waals surface area contributed by atoms with Crippen LogP contribution in [0.15, 0.2) is 53.7 Å². The molecule has 3 rings (SSSR count). The van der Waals surface area contributed by atoms with E-state index < -0.39 is 5.97 Å². The number of hydrogen-bond acceptors (Lipinski definition) is 8. The average Bonchev–Trinajstić information content (AvgIpc) is 3.24. The molecule has 0 unspecified atom stereocenters. The first-order chi connectivity index (χ1) is 14.2. The molecule has 0 saturated heterocycles. The zero-order chi connectivity index (χ0) is 20.5. The molecule has 0 aliphatic heterocycles. The summed E-state index contributed by atoms with van der Waals surface area (Å²) in [5, 5.41) is 12.3. The minimum atomic E-state index is -0.432. The minimum absolute atomic E-state index is 0.00877. The van der Waals surface area contributed by atoms with Gasteiger partial charge in [-0.3, -0.25) is 0 Å². The van der Waals surface area contributed by atoms with Crippen LogP contribution in [-0.2, 0) is 4.74 Å². The highest BCUT2D eigenvalue weighted by Gasteiger charge is 2.08. The quantitative estimate of drug-likeness (QED) is 0.334. The number of esters is 1. The summed E-state index contributed by atoms with van der Waals surface area (Å²) in [6.07, 6.45) is 0. The Bertz CT molecular complexity index is 1010. The number of tetrazole rings is 1. The zero-order valence-corrected chi connectivity index (χ0v) is 16.7. The minimum Gasteiger partial charge on any atom is -0.497 e. The van der Waals surface area contributed by atoms with Crippen LogP contribution < -0.4 is 9.47 Å². The van der Waals surface area contributed by atoms with Gasteiger partial charge in [0.2, 0.25) is 5.16 Å². The van der Waals surface area contributed by atoms with E-state index in [1.54, 1.807) is 43.2 Å². The monoisotopic (exact) mass is 410 g/mol. The Kier molecular flexibility index (Phi) is 7.08. The first kappa shape index (κ1) is 20.2. The molecule has 29 heavy (non-hydrogen) atoms. The lowest BCUT2D eigenvalue weighted by molar-refractivity contribution is 0.0556. The maximum absolute atomic E-state index is 11.9. The van der Waals surface area contributed by atoms with Gasteiger partial charge >= 0.3 is 5.97 Å². The molecule has 8 nitrogen and oxygen atoms in total. The van der Waals surface area contributed by atoms with E-state index >= 15 is 0 Å². The molecule has 0 saturated carbocycles. The van der Waals surface area contributed by atoms with Crippen LogP contribution in [0.25, 0.3) is 5.69 Å². The smallest absolute Gasteiger partial charge is 0.339 e. The molecule has 0 aliphatic rings. The first-order valence-corrected chi connectivity index (χ1v) is 9.52. The third-order valence-corrected chi connectivity index (χ3v) is 4.56. The molecule has 0 fully saturated rings.